The van der Waals surface area contributed by atoms with E-state index in [-0.39, 0.29) is 11.5 Å². The molecule has 23 heavy (non-hydrogen) atoms. The van der Waals surface area contributed by atoms with E-state index >= 15 is 0 Å². The van der Waals surface area contributed by atoms with Crippen molar-refractivity contribution < 1.29 is 23.8 Å². The molecule has 2 aromatic rings. The molecule has 0 spiro atoms. The fourth-order valence-electron chi connectivity index (χ4n) is 2.18. The molecule has 1 aromatic carbocycles. The van der Waals surface area contributed by atoms with E-state index < -0.39 is 10.3 Å². The molecule has 0 radical (unpaired) electrons. The van der Waals surface area contributed by atoms with Gasteiger partial charge in [0.05, 0.1) is 16.5 Å². The third-order valence-corrected chi connectivity index (χ3v) is 6.46. The molecular weight excluding hydrogens is 432 g/mol. The van der Waals surface area contributed by atoms with Crippen molar-refractivity contribution in [2.24, 2.45) is 0 Å². The van der Waals surface area contributed by atoms with Crippen molar-refractivity contribution >= 4 is 54.6 Å². The fraction of sp³-hybridized carbons (Fsp3) is 0.375. The number of Topliss-reactive ketones (excluding diaryl/α,β-unsaturated/α-hetero) is 1. The predicted octanol–water partition coefficient (Wildman–Crippen LogP) is 4.65. The Hall–Kier alpha value is -1.34. The molecule has 124 valence electrons. The molecule has 0 aliphatic carbocycles. The molecule has 1 aromatic heterocycles. The number of benzene rings is 1. The minimum atomic E-state index is -1.16. The Morgan fingerprint density at radius 2 is 2.00 bits per heavy atom. The van der Waals surface area contributed by atoms with Gasteiger partial charge in [0.25, 0.3) is 0 Å². The summed E-state index contributed by atoms with van der Waals surface area (Å²) in [5.41, 5.74) is 0.771. The van der Waals surface area contributed by atoms with Crippen LogP contribution in [0, 0.1) is 0 Å². The third-order valence-electron chi connectivity index (χ3n) is 3.55. The Labute approximate surface area is 150 Å². The number of halogens is 2. The van der Waals surface area contributed by atoms with Crippen molar-refractivity contribution in [1.29, 1.82) is 0 Å². The van der Waals surface area contributed by atoms with Crippen LogP contribution in [0.5, 0.6) is 5.75 Å². The molecule has 1 heterocycles. The fourth-order valence-corrected chi connectivity index (χ4v) is 3.05. The Balaban J connectivity index is 2.62. The zero-order chi connectivity index (χ0) is 17.2. The highest BCUT2D eigenvalue weighted by Crippen LogP contribution is 2.36. The molecule has 0 bridgehead atoms. The number of aromatic carboxylic acids is 1. The van der Waals surface area contributed by atoms with Crippen LogP contribution in [0.3, 0.4) is 0 Å². The average molecular weight is 448 g/mol. The number of rotatable bonds is 7. The zero-order valence-corrected chi connectivity index (χ0v) is 15.9. The van der Waals surface area contributed by atoms with Gasteiger partial charge in [-0.3, -0.25) is 4.79 Å². The minimum absolute atomic E-state index is 0.125. The van der Waals surface area contributed by atoms with Gasteiger partial charge in [-0.25, -0.2) is 4.79 Å². The van der Waals surface area contributed by atoms with Gasteiger partial charge in [0.15, 0.2) is 5.78 Å². The normalized spacial score (nSPS) is 13.7. The molecule has 7 heteroatoms. The van der Waals surface area contributed by atoms with Gasteiger partial charge in [0.2, 0.25) is 5.76 Å². The van der Waals surface area contributed by atoms with E-state index in [0.717, 1.165) is 0 Å². The SMILES string of the molecule is CCOc1cc2oc(C(=O)O)cc2cc1C(=O)C(Br)(CC)CBr. The molecule has 1 atom stereocenters. The molecule has 1 N–H and O–H groups in total. The predicted molar refractivity (Wildman–Crippen MR) is 94.4 cm³/mol. The highest BCUT2D eigenvalue weighted by molar-refractivity contribution is 9.12. The molecule has 1 unspecified atom stereocenters. The topological polar surface area (TPSA) is 76.7 Å². The minimum Gasteiger partial charge on any atom is -0.493 e. The summed E-state index contributed by atoms with van der Waals surface area (Å²) in [6, 6.07) is 4.59. The van der Waals surface area contributed by atoms with E-state index in [4.69, 9.17) is 14.3 Å². The van der Waals surface area contributed by atoms with Crippen molar-refractivity contribution in [2.75, 3.05) is 11.9 Å². The van der Waals surface area contributed by atoms with Gasteiger partial charge in [-0.15, -0.1) is 0 Å². The van der Waals surface area contributed by atoms with E-state index in [1.807, 2.05) is 13.8 Å². The smallest absolute Gasteiger partial charge is 0.371 e. The lowest BCUT2D eigenvalue weighted by atomic mass is 9.95. The van der Waals surface area contributed by atoms with Crippen LogP contribution in [0.15, 0.2) is 22.6 Å². The quantitative estimate of drug-likeness (QED) is 0.493. The number of hydrogen-bond acceptors (Lipinski definition) is 4. The van der Waals surface area contributed by atoms with Crippen molar-refractivity contribution in [1.82, 2.24) is 0 Å². The lowest BCUT2D eigenvalue weighted by molar-refractivity contribution is 0.0664. The van der Waals surface area contributed by atoms with E-state index in [0.29, 0.717) is 40.6 Å². The van der Waals surface area contributed by atoms with Crippen molar-refractivity contribution in [2.45, 2.75) is 24.6 Å². The van der Waals surface area contributed by atoms with E-state index in [2.05, 4.69) is 31.9 Å². The second-order valence-electron chi connectivity index (χ2n) is 5.02. The third kappa shape index (κ3) is 3.45. The Morgan fingerprint density at radius 3 is 2.52 bits per heavy atom. The van der Waals surface area contributed by atoms with Gasteiger partial charge in [-0.1, -0.05) is 38.8 Å². The maximum atomic E-state index is 12.9. The van der Waals surface area contributed by atoms with Crippen LogP contribution in [0.25, 0.3) is 11.0 Å². The maximum Gasteiger partial charge on any atom is 0.371 e. The molecular formula is C16H16Br2O5. The first-order valence-electron chi connectivity index (χ1n) is 7.09. The van der Waals surface area contributed by atoms with Gasteiger partial charge in [0, 0.05) is 16.8 Å². The Morgan fingerprint density at radius 1 is 1.30 bits per heavy atom. The highest BCUT2D eigenvalue weighted by atomic mass is 79.9. The number of ketones is 1. The van der Waals surface area contributed by atoms with E-state index in [1.165, 1.54) is 6.07 Å². The summed E-state index contributed by atoms with van der Waals surface area (Å²) in [5.74, 6) is -1.07. The van der Waals surface area contributed by atoms with Crippen LogP contribution < -0.4 is 4.74 Å². The van der Waals surface area contributed by atoms with Crippen LogP contribution in [0.2, 0.25) is 0 Å². The van der Waals surface area contributed by atoms with Gasteiger partial charge < -0.3 is 14.3 Å². The number of carboxylic acids is 1. The molecule has 0 saturated heterocycles. The molecule has 0 amide bonds. The number of carbonyl (C=O) groups excluding carboxylic acids is 1. The van der Waals surface area contributed by atoms with Gasteiger partial charge in [-0.2, -0.15) is 0 Å². The van der Waals surface area contributed by atoms with Crippen LogP contribution in [-0.4, -0.2) is 33.1 Å². The van der Waals surface area contributed by atoms with E-state index in [1.54, 1.807) is 12.1 Å². The number of fused-ring (bicyclic) bond motifs is 1. The number of alkyl halides is 2. The van der Waals surface area contributed by atoms with Crippen molar-refractivity contribution in [3.05, 3.63) is 29.5 Å². The first kappa shape index (κ1) is 18.0. The van der Waals surface area contributed by atoms with E-state index in [9.17, 15) is 9.59 Å². The molecule has 2 rings (SSSR count). The largest absolute Gasteiger partial charge is 0.493 e. The summed E-state index contributed by atoms with van der Waals surface area (Å²) in [6.45, 7) is 4.11. The standard InChI is InChI=1S/C16H16Br2O5/c1-3-16(18,8-17)14(19)10-5-9-6-13(15(20)21)23-11(9)7-12(10)22-4-2/h5-7H,3-4,8H2,1-2H3,(H,20,21). The molecule has 0 aliphatic rings. The molecule has 0 aliphatic heterocycles. The van der Waals surface area contributed by atoms with Crippen molar-refractivity contribution in [3.8, 4) is 5.75 Å². The summed E-state index contributed by atoms with van der Waals surface area (Å²) in [4.78, 5) is 24.0. The monoisotopic (exact) mass is 446 g/mol. The van der Waals surface area contributed by atoms with Crippen LogP contribution in [-0.2, 0) is 0 Å². The number of carboxylic acid groups (broad SMARTS) is 1. The summed E-state index contributed by atoms with van der Waals surface area (Å²) in [6.07, 6.45) is 0.590. The zero-order valence-electron chi connectivity index (χ0n) is 12.7. The summed E-state index contributed by atoms with van der Waals surface area (Å²) < 4.78 is 10.1. The maximum absolute atomic E-state index is 12.9. The first-order chi connectivity index (χ1) is 10.9. The number of carbonyl (C=O) groups is 2. The second kappa shape index (κ2) is 7.05. The second-order valence-corrected chi connectivity index (χ2v) is 7.10. The van der Waals surface area contributed by atoms with Gasteiger partial charge in [0.1, 0.15) is 11.3 Å². The first-order valence-corrected chi connectivity index (χ1v) is 9.01. The van der Waals surface area contributed by atoms with Gasteiger partial charge in [-0.05, 0) is 25.5 Å². The Kier molecular flexibility index (Phi) is 5.52. The Bertz CT molecular complexity index is 746. The molecule has 0 saturated carbocycles. The van der Waals surface area contributed by atoms with Crippen LogP contribution in [0.1, 0.15) is 41.2 Å². The summed E-state index contributed by atoms with van der Waals surface area (Å²) in [5, 5.41) is 10.0. The van der Waals surface area contributed by atoms with Crippen molar-refractivity contribution in [3.63, 3.8) is 0 Å². The van der Waals surface area contributed by atoms with Crippen LogP contribution >= 0.6 is 31.9 Å². The molecule has 0 fully saturated rings. The number of furan rings is 1. The van der Waals surface area contributed by atoms with Crippen LogP contribution in [0.4, 0.5) is 0 Å². The lowest BCUT2D eigenvalue weighted by Crippen LogP contribution is -2.33. The van der Waals surface area contributed by atoms with Gasteiger partial charge >= 0.3 is 5.97 Å². The molecule has 5 nitrogen and oxygen atoms in total. The summed E-state index contributed by atoms with van der Waals surface area (Å²) in [7, 11) is 0. The highest BCUT2D eigenvalue weighted by Gasteiger charge is 2.35. The average Bonchev–Trinajstić information content (AvgIpc) is 2.96. The lowest BCUT2D eigenvalue weighted by Gasteiger charge is -2.23. The summed E-state index contributed by atoms with van der Waals surface area (Å²) >= 11 is 6.86. The number of hydrogen-bond donors (Lipinski definition) is 1. The number of ether oxygens (including phenoxy) is 1.